The van der Waals surface area contributed by atoms with Gasteiger partial charge in [0.05, 0.1) is 7.11 Å². The first kappa shape index (κ1) is 17.8. The van der Waals surface area contributed by atoms with E-state index in [0.717, 1.165) is 43.2 Å². The Morgan fingerprint density at radius 3 is 2.81 bits per heavy atom. The first-order valence-electron chi connectivity index (χ1n) is 9.41. The van der Waals surface area contributed by atoms with Crippen LogP contribution in [0.2, 0.25) is 0 Å². The van der Waals surface area contributed by atoms with Gasteiger partial charge in [0, 0.05) is 42.5 Å². The average molecular weight is 366 g/mol. The summed E-state index contributed by atoms with van der Waals surface area (Å²) in [5.41, 5.74) is 6.35. The smallest absolute Gasteiger partial charge is 0.272 e. The van der Waals surface area contributed by atoms with Crippen molar-refractivity contribution in [3.8, 4) is 5.75 Å². The summed E-state index contributed by atoms with van der Waals surface area (Å²) in [7, 11) is 1.72. The number of aryl methyl sites for hydroxylation is 1. The molecular weight excluding hydrogens is 340 g/mol. The van der Waals surface area contributed by atoms with Gasteiger partial charge in [0.1, 0.15) is 5.75 Å². The van der Waals surface area contributed by atoms with Gasteiger partial charge in [-0.3, -0.25) is 14.8 Å². The van der Waals surface area contributed by atoms with Crippen molar-refractivity contribution in [1.29, 1.82) is 0 Å². The Morgan fingerprint density at radius 1 is 1.22 bits per heavy atom. The zero-order valence-electron chi connectivity index (χ0n) is 16.4. The summed E-state index contributed by atoms with van der Waals surface area (Å²) < 4.78 is 6.96. The van der Waals surface area contributed by atoms with Gasteiger partial charge in [0.15, 0.2) is 5.65 Å². The molecule has 1 aromatic carbocycles. The Kier molecular flexibility index (Phi) is 4.52. The number of H-pyrrole nitrogens is 1. The Labute approximate surface area is 158 Å². The Morgan fingerprint density at radius 2 is 2.04 bits per heavy atom. The minimum Gasteiger partial charge on any atom is -0.496 e. The lowest BCUT2D eigenvalue weighted by Gasteiger charge is -2.19. The molecule has 1 atom stereocenters. The number of nitrogens with one attached hydrogen (secondary N) is 1. The normalized spacial score (nSPS) is 17.7. The second-order valence-corrected chi connectivity index (χ2v) is 7.54. The van der Waals surface area contributed by atoms with Crippen molar-refractivity contribution in [1.82, 2.24) is 19.5 Å². The maximum atomic E-state index is 12.1. The molecule has 3 aromatic rings. The molecule has 1 aliphatic heterocycles. The average Bonchev–Trinajstić information content (AvgIpc) is 3.26. The van der Waals surface area contributed by atoms with E-state index < -0.39 is 0 Å². The van der Waals surface area contributed by atoms with Crippen molar-refractivity contribution >= 4 is 5.65 Å². The Bertz CT molecular complexity index is 1050. The quantitative estimate of drug-likeness (QED) is 0.771. The van der Waals surface area contributed by atoms with Gasteiger partial charge in [-0.2, -0.15) is 0 Å². The van der Waals surface area contributed by atoms with E-state index in [1.165, 1.54) is 16.7 Å². The van der Waals surface area contributed by atoms with Gasteiger partial charge in [-0.25, -0.2) is 9.50 Å². The standard InChI is InChI=1S/C21H26N4O2/c1-13-9-21(26)25-20(22-13)10-18(23-25)17-7-8-24(12-17)11-16-5-6-19(27-4)15(3)14(16)2/h5-6,9-10,17,23H,7-8,11-12H2,1-4H3/t17-/m0/s1. The minimum atomic E-state index is -0.0528. The van der Waals surface area contributed by atoms with E-state index >= 15 is 0 Å². The SMILES string of the molecule is COc1ccc(CN2CC[C@H](c3cc4nc(C)cc(=O)n4[nH]3)C2)c(C)c1C. The molecule has 6 nitrogen and oxygen atoms in total. The molecule has 1 saturated heterocycles. The van der Waals surface area contributed by atoms with Gasteiger partial charge in [-0.05, 0) is 56.5 Å². The molecular formula is C21H26N4O2. The Balaban J connectivity index is 1.52. The third kappa shape index (κ3) is 3.25. The van der Waals surface area contributed by atoms with Crippen molar-refractivity contribution in [2.24, 2.45) is 0 Å². The number of hydrogen-bond donors (Lipinski definition) is 1. The maximum Gasteiger partial charge on any atom is 0.272 e. The summed E-state index contributed by atoms with van der Waals surface area (Å²) in [4.78, 5) is 19.1. The van der Waals surface area contributed by atoms with Crippen molar-refractivity contribution in [2.75, 3.05) is 20.2 Å². The number of methoxy groups -OCH3 is 1. The minimum absolute atomic E-state index is 0.0528. The maximum absolute atomic E-state index is 12.1. The lowest BCUT2D eigenvalue weighted by atomic mass is 10.0. The van der Waals surface area contributed by atoms with Crippen molar-refractivity contribution in [2.45, 2.75) is 39.7 Å². The van der Waals surface area contributed by atoms with Crippen LogP contribution in [0.4, 0.5) is 0 Å². The monoisotopic (exact) mass is 366 g/mol. The number of hydrogen-bond acceptors (Lipinski definition) is 4. The molecule has 0 bridgehead atoms. The van der Waals surface area contributed by atoms with E-state index in [0.29, 0.717) is 11.6 Å². The molecule has 0 aliphatic carbocycles. The van der Waals surface area contributed by atoms with Gasteiger partial charge in [-0.1, -0.05) is 6.07 Å². The zero-order chi connectivity index (χ0) is 19.1. The molecule has 27 heavy (non-hydrogen) atoms. The van der Waals surface area contributed by atoms with E-state index in [1.807, 2.05) is 13.0 Å². The molecule has 0 amide bonds. The number of ether oxygens (including phenoxy) is 1. The van der Waals surface area contributed by atoms with Crippen molar-refractivity contribution in [3.63, 3.8) is 0 Å². The molecule has 142 valence electrons. The van der Waals surface area contributed by atoms with Crippen LogP contribution >= 0.6 is 0 Å². The van der Waals surface area contributed by atoms with Crippen LogP contribution in [0.25, 0.3) is 5.65 Å². The van der Waals surface area contributed by atoms with Gasteiger partial charge >= 0.3 is 0 Å². The second-order valence-electron chi connectivity index (χ2n) is 7.54. The van der Waals surface area contributed by atoms with Crippen LogP contribution in [0.1, 0.15) is 40.4 Å². The van der Waals surface area contributed by atoms with Crippen LogP contribution in [-0.4, -0.2) is 39.7 Å². The zero-order valence-corrected chi connectivity index (χ0v) is 16.4. The number of aromatic nitrogens is 3. The van der Waals surface area contributed by atoms with Gasteiger partial charge in [0.25, 0.3) is 5.56 Å². The number of likely N-dealkylation sites (tertiary alicyclic amines) is 1. The molecule has 1 N–H and O–H groups in total. The summed E-state index contributed by atoms with van der Waals surface area (Å²) in [5.74, 6) is 1.34. The van der Waals surface area contributed by atoms with Crippen LogP contribution in [0.15, 0.2) is 29.1 Å². The highest BCUT2D eigenvalue weighted by Crippen LogP contribution is 2.30. The highest BCUT2D eigenvalue weighted by Gasteiger charge is 2.26. The first-order valence-corrected chi connectivity index (χ1v) is 9.41. The van der Waals surface area contributed by atoms with Crippen LogP contribution in [-0.2, 0) is 6.54 Å². The fraction of sp³-hybridized carbons (Fsp3) is 0.429. The van der Waals surface area contributed by atoms with Crippen LogP contribution < -0.4 is 10.3 Å². The predicted molar refractivity (Wildman–Crippen MR) is 106 cm³/mol. The molecule has 0 saturated carbocycles. The van der Waals surface area contributed by atoms with E-state index in [4.69, 9.17) is 4.74 Å². The van der Waals surface area contributed by atoms with Gasteiger partial charge in [0.2, 0.25) is 0 Å². The summed E-state index contributed by atoms with van der Waals surface area (Å²) in [6.07, 6.45) is 1.08. The molecule has 0 radical (unpaired) electrons. The third-order valence-corrected chi connectivity index (χ3v) is 5.77. The fourth-order valence-corrected chi connectivity index (χ4v) is 4.05. The van der Waals surface area contributed by atoms with Gasteiger partial charge < -0.3 is 4.74 Å². The lowest BCUT2D eigenvalue weighted by molar-refractivity contribution is 0.325. The van der Waals surface area contributed by atoms with Crippen LogP contribution in [0.3, 0.4) is 0 Å². The lowest BCUT2D eigenvalue weighted by Crippen LogP contribution is -2.20. The predicted octanol–water partition coefficient (Wildman–Crippen LogP) is 2.95. The summed E-state index contributed by atoms with van der Waals surface area (Å²) >= 11 is 0. The van der Waals surface area contributed by atoms with Gasteiger partial charge in [-0.15, -0.1) is 0 Å². The number of nitrogens with zero attached hydrogens (tertiary/aromatic N) is 3. The molecule has 0 spiro atoms. The summed E-state index contributed by atoms with van der Waals surface area (Å²) in [6.45, 7) is 9.09. The first-order chi connectivity index (χ1) is 13.0. The van der Waals surface area contributed by atoms with Crippen LogP contribution in [0, 0.1) is 20.8 Å². The molecule has 2 aromatic heterocycles. The number of benzene rings is 1. The van der Waals surface area contributed by atoms with Crippen LogP contribution in [0.5, 0.6) is 5.75 Å². The summed E-state index contributed by atoms with van der Waals surface area (Å²) in [6, 6.07) is 7.81. The molecule has 4 rings (SSSR count). The molecule has 1 aliphatic rings. The largest absolute Gasteiger partial charge is 0.496 e. The van der Waals surface area contributed by atoms with E-state index in [1.54, 1.807) is 17.7 Å². The van der Waals surface area contributed by atoms with Crippen molar-refractivity contribution < 1.29 is 4.74 Å². The molecule has 0 unspecified atom stereocenters. The Hall–Kier alpha value is -2.60. The second kappa shape index (κ2) is 6.85. The number of aromatic amines is 1. The number of rotatable bonds is 4. The molecule has 6 heteroatoms. The van der Waals surface area contributed by atoms with E-state index in [2.05, 4.69) is 41.0 Å². The fourth-order valence-electron chi connectivity index (χ4n) is 4.05. The highest BCUT2D eigenvalue weighted by atomic mass is 16.5. The topological polar surface area (TPSA) is 62.6 Å². The van der Waals surface area contributed by atoms with E-state index in [-0.39, 0.29) is 5.56 Å². The van der Waals surface area contributed by atoms with Crippen molar-refractivity contribution in [3.05, 3.63) is 62.7 Å². The summed E-state index contributed by atoms with van der Waals surface area (Å²) in [5, 5.41) is 3.25. The highest BCUT2D eigenvalue weighted by molar-refractivity contribution is 5.44. The van der Waals surface area contributed by atoms with E-state index in [9.17, 15) is 4.79 Å². The molecule has 1 fully saturated rings. The molecule has 3 heterocycles. The third-order valence-electron chi connectivity index (χ3n) is 5.77. The number of fused-ring (bicyclic) bond motifs is 1.